The van der Waals surface area contributed by atoms with Crippen LogP contribution in [0.5, 0.6) is 0 Å². The first-order valence-electron chi connectivity index (χ1n) is 38.1. The van der Waals surface area contributed by atoms with Gasteiger partial charge in [0.1, 0.15) is 55.0 Å². The number of ether oxygens (including phenoxy) is 9. The number of aliphatic hydroxyl groups excluding tert-OH is 1. The molecule has 0 aromatic rings. The lowest BCUT2D eigenvalue weighted by atomic mass is 9.95. The molecular weight excluding hydrogens is 1260 g/mol. The number of nitrogens with one attached hydrogen (secondary N) is 2. The third kappa shape index (κ3) is 42.6. The topological polar surface area (TPSA) is 240 Å². The Balaban J connectivity index is 2.65. The second kappa shape index (κ2) is 60.2. The van der Waals surface area contributed by atoms with Crippen LogP contribution in [0.15, 0.2) is 50.1 Å². The van der Waals surface area contributed by atoms with E-state index in [4.69, 9.17) is 56.2 Å². The number of carbonyl (C=O) groups excluding carboxylic acids is 4. The number of phosphoric ester groups is 1. The van der Waals surface area contributed by atoms with Gasteiger partial charge in [-0.05, 0) is 57.8 Å². The van der Waals surface area contributed by atoms with Crippen molar-refractivity contribution >= 4 is 31.6 Å². The Kier molecular flexibility index (Phi) is 55.7. The van der Waals surface area contributed by atoms with Gasteiger partial charge in [-0.3, -0.25) is 28.0 Å². The van der Waals surface area contributed by atoms with Gasteiger partial charge in [0.25, 0.3) is 0 Å². The van der Waals surface area contributed by atoms with Crippen LogP contribution in [0.1, 0.15) is 285 Å². The van der Waals surface area contributed by atoms with Gasteiger partial charge in [0.05, 0.1) is 39.0 Å². The Labute approximate surface area is 587 Å². The smallest absolute Gasteiger partial charge is 0.430 e. The van der Waals surface area contributed by atoms with Gasteiger partial charge in [0.15, 0.2) is 18.7 Å². The maximum Gasteiger partial charge on any atom is 0.509 e. The summed E-state index contributed by atoms with van der Waals surface area (Å²) >= 11 is 0. The Morgan fingerprint density at radius 1 is 0.505 bits per heavy atom. The standard InChI is InChI=1S/C76H137N2O18P/c1-10-17-21-25-28-31-32-33-34-35-36-38-40-44-48-52-66(80)77-69-73(88-58-53-63(86-9)51-47-42-24-20-13-4)71(96-97(84,91-55-15-6)92-56-16-7)64(60-85-8)94-75(69)90-61-65-70(95-76(83)89-54-14-5)72(87-57-49-45-41-30-27-23-19-12-3)68(74(82)93-65)78-67(81)59-62(79)50-46-43-39-37-29-26-22-18-11-2/h14-16,31-32,63-65,68-75,82H,5-7,10-13,17-30,33-61H2,1-4,8-9H3,(H,77,80)(H,78,81)/t63-,64-,65-,68-,69-,70-,71-,72-,73-,74+,75-/m1/s1. The van der Waals surface area contributed by atoms with Gasteiger partial charge in [-0.25, -0.2) is 9.36 Å². The average Bonchev–Trinajstić information content (AvgIpc) is 0.787. The van der Waals surface area contributed by atoms with E-state index in [1.807, 2.05) is 0 Å². The Morgan fingerprint density at radius 3 is 1.53 bits per heavy atom. The second-order valence-corrected chi connectivity index (χ2v) is 27.9. The molecule has 97 heavy (non-hydrogen) atoms. The number of unbranched alkanes of at least 4 members (excludes halogenated alkanes) is 30. The van der Waals surface area contributed by atoms with Crippen molar-refractivity contribution in [3.05, 3.63) is 50.1 Å². The maximum absolute atomic E-state index is 14.7. The molecule has 0 aromatic heterocycles. The largest absolute Gasteiger partial charge is 0.509 e. The molecule has 11 atom stereocenters. The highest BCUT2D eigenvalue weighted by Crippen LogP contribution is 2.52. The number of carbonyl (C=O) groups is 4. The molecule has 2 rings (SSSR count). The number of allylic oxidation sites excluding steroid dienone is 2. The van der Waals surface area contributed by atoms with E-state index in [-0.39, 0.29) is 70.3 Å². The lowest BCUT2D eigenvalue weighted by Gasteiger charge is -2.47. The van der Waals surface area contributed by atoms with Crippen molar-refractivity contribution in [1.29, 1.82) is 0 Å². The van der Waals surface area contributed by atoms with Crippen LogP contribution in [0.25, 0.3) is 0 Å². The highest BCUT2D eigenvalue weighted by atomic mass is 31.2. The quantitative estimate of drug-likeness (QED) is 0.0169. The van der Waals surface area contributed by atoms with Crippen molar-refractivity contribution in [3.8, 4) is 0 Å². The Hall–Kier alpha value is -3.37. The summed E-state index contributed by atoms with van der Waals surface area (Å²) in [6.07, 6.45) is 35.3. The van der Waals surface area contributed by atoms with Gasteiger partial charge in [0.2, 0.25) is 11.8 Å². The molecule has 0 spiro atoms. The molecule has 0 unspecified atom stereocenters. The summed E-state index contributed by atoms with van der Waals surface area (Å²) in [5.41, 5.74) is 0. The summed E-state index contributed by atoms with van der Waals surface area (Å²) in [4.78, 5) is 55.4. The van der Waals surface area contributed by atoms with Crippen LogP contribution in [-0.4, -0.2) is 157 Å². The van der Waals surface area contributed by atoms with E-state index in [0.717, 1.165) is 141 Å². The number of amides is 2. The Bertz CT molecular complexity index is 2070. The second-order valence-electron chi connectivity index (χ2n) is 26.3. The van der Waals surface area contributed by atoms with Gasteiger partial charge >= 0.3 is 14.0 Å². The van der Waals surface area contributed by atoms with Crippen LogP contribution in [0, 0.1) is 0 Å². The molecule has 2 amide bonds. The van der Waals surface area contributed by atoms with Crippen LogP contribution in [0.2, 0.25) is 0 Å². The SMILES string of the molecule is C=CCOC(=O)O[C@H]1[C@H](OCCCCCCCCCC)[C@@H](NC(=O)CC(=O)CCCCCCCCCCC)[C@@H](O)O[C@@H]1CO[C@@H]1O[C@H](COC)[C@@H](OP(=O)(OCC=C)OCC=C)[C@H](OCC[C@@H](CCCCCCC)OC)[C@H]1NC(=O)CCCCCCCCCC=CCCCCCC. The molecule has 2 aliphatic heterocycles. The lowest BCUT2D eigenvalue weighted by molar-refractivity contribution is -0.303. The predicted octanol–water partition coefficient (Wildman–Crippen LogP) is 17.3. The third-order valence-corrected chi connectivity index (χ3v) is 19.3. The molecule has 0 aliphatic carbocycles. The van der Waals surface area contributed by atoms with E-state index < -0.39 is 94.2 Å². The molecule has 3 N–H and O–H groups in total. The van der Waals surface area contributed by atoms with Crippen molar-refractivity contribution in [2.45, 2.75) is 352 Å². The normalized spacial score (nSPS) is 21.5. The predicted molar refractivity (Wildman–Crippen MR) is 384 cm³/mol. The number of Topliss-reactive ketones (excluding diaryl/α,β-unsaturated/α-hetero) is 1. The number of phosphoric acid groups is 1. The molecule has 0 radical (unpaired) electrons. The van der Waals surface area contributed by atoms with Crippen LogP contribution in [0.3, 0.4) is 0 Å². The molecule has 0 saturated carbocycles. The molecule has 0 aromatic carbocycles. The van der Waals surface area contributed by atoms with Crippen molar-refractivity contribution in [2.24, 2.45) is 0 Å². The lowest BCUT2D eigenvalue weighted by Crippen LogP contribution is -2.68. The van der Waals surface area contributed by atoms with Gasteiger partial charge < -0.3 is 58.4 Å². The summed E-state index contributed by atoms with van der Waals surface area (Å²) in [5, 5.41) is 18.0. The maximum atomic E-state index is 14.7. The fourth-order valence-electron chi connectivity index (χ4n) is 12.3. The summed E-state index contributed by atoms with van der Waals surface area (Å²) in [6.45, 7) is 18.9. The molecule has 21 heteroatoms. The van der Waals surface area contributed by atoms with E-state index in [1.165, 1.54) is 96.0 Å². The van der Waals surface area contributed by atoms with Gasteiger partial charge in [-0.2, -0.15) is 0 Å². The van der Waals surface area contributed by atoms with E-state index in [1.54, 1.807) is 7.11 Å². The number of rotatable bonds is 66. The zero-order valence-corrected chi connectivity index (χ0v) is 62.3. The molecular formula is C76H137N2O18P. The van der Waals surface area contributed by atoms with Crippen LogP contribution in [-0.2, 0) is 75.2 Å². The molecule has 2 fully saturated rings. The number of hydrogen-bond acceptors (Lipinski definition) is 18. The first-order valence-corrected chi connectivity index (χ1v) is 39.6. The zero-order valence-electron chi connectivity index (χ0n) is 61.4. The minimum Gasteiger partial charge on any atom is -0.430 e. The number of ketones is 1. The van der Waals surface area contributed by atoms with E-state index in [2.05, 4.69) is 70.2 Å². The Morgan fingerprint density at radius 2 is 0.979 bits per heavy atom. The summed E-state index contributed by atoms with van der Waals surface area (Å²) in [7, 11) is -1.36. The number of methoxy groups -OCH3 is 2. The molecule has 2 heterocycles. The van der Waals surface area contributed by atoms with Gasteiger partial charge in [-0.15, -0.1) is 13.2 Å². The average molecular weight is 1400 g/mol. The van der Waals surface area contributed by atoms with Gasteiger partial charge in [0, 0.05) is 40.3 Å². The van der Waals surface area contributed by atoms with E-state index in [0.29, 0.717) is 25.7 Å². The summed E-state index contributed by atoms with van der Waals surface area (Å²) in [5.74, 6) is -1.24. The monoisotopic (exact) mass is 1400 g/mol. The first kappa shape index (κ1) is 89.7. The van der Waals surface area contributed by atoms with Crippen molar-refractivity contribution in [3.63, 3.8) is 0 Å². The van der Waals surface area contributed by atoms with Crippen molar-refractivity contribution < 1.29 is 85.1 Å². The fourth-order valence-corrected chi connectivity index (χ4v) is 13.6. The fraction of sp³-hybridized carbons (Fsp3) is 0.842. The molecule has 2 saturated heterocycles. The van der Waals surface area contributed by atoms with Crippen LogP contribution >= 0.6 is 7.82 Å². The number of aliphatic hydroxyl groups is 1. The minimum atomic E-state index is -4.48. The van der Waals surface area contributed by atoms with Gasteiger partial charge in [-0.1, -0.05) is 244 Å². The summed E-state index contributed by atoms with van der Waals surface area (Å²) < 4.78 is 89.1. The van der Waals surface area contributed by atoms with Crippen LogP contribution in [0.4, 0.5) is 4.79 Å². The molecule has 2 aliphatic rings. The highest BCUT2D eigenvalue weighted by molar-refractivity contribution is 7.48. The molecule has 0 bridgehead atoms. The molecule has 20 nitrogen and oxygen atoms in total. The van der Waals surface area contributed by atoms with E-state index in [9.17, 15) is 28.8 Å². The van der Waals surface area contributed by atoms with Crippen LogP contribution < -0.4 is 10.6 Å². The minimum absolute atomic E-state index is 0.0912. The summed E-state index contributed by atoms with van der Waals surface area (Å²) in [6, 6.07) is -2.54. The zero-order chi connectivity index (χ0) is 70.8. The van der Waals surface area contributed by atoms with E-state index >= 15 is 0 Å². The molecule has 564 valence electrons. The van der Waals surface area contributed by atoms with Crippen molar-refractivity contribution in [1.82, 2.24) is 10.6 Å². The van der Waals surface area contributed by atoms with Crippen molar-refractivity contribution in [2.75, 3.05) is 60.5 Å². The first-order chi connectivity index (χ1) is 47.3. The highest BCUT2D eigenvalue weighted by Gasteiger charge is 2.54. The number of hydrogen-bond donors (Lipinski definition) is 3. The third-order valence-electron chi connectivity index (χ3n) is 17.8.